The van der Waals surface area contributed by atoms with Crippen molar-refractivity contribution in [3.63, 3.8) is 0 Å². The molecule has 4 N–H and O–H groups in total. The highest BCUT2D eigenvalue weighted by atomic mass is 15.3. The Morgan fingerprint density at radius 2 is 1.65 bits per heavy atom. The van der Waals surface area contributed by atoms with Crippen molar-refractivity contribution in [3.8, 4) is 11.1 Å². The lowest BCUT2D eigenvalue weighted by Gasteiger charge is -2.32. The molecule has 0 spiro atoms. The average Bonchev–Trinajstić information content (AvgIpc) is 2.80. The molecule has 0 amide bonds. The molecule has 4 aromatic rings. The Labute approximate surface area is 185 Å². The van der Waals surface area contributed by atoms with Gasteiger partial charge < -0.3 is 16.0 Å². The van der Waals surface area contributed by atoms with E-state index in [4.69, 9.17) is 11.5 Å². The number of pyridine rings is 1. The van der Waals surface area contributed by atoms with Crippen LogP contribution in [0.2, 0.25) is 0 Å². The number of nitrogens with two attached hydrogens (primary N) is 2. The molecule has 31 heavy (non-hydrogen) atoms. The van der Waals surface area contributed by atoms with Gasteiger partial charge in [0.2, 0.25) is 0 Å². The van der Waals surface area contributed by atoms with E-state index < -0.39 is 0 Å². The number of aromatic nitrogens is 1. The molecule has 4 heteroatoms. The molecule has 0 fully saturated rings. The fraction of sp³-hybridized carbons (Fsp3) is 0.296. The highest BCUT2D eigenvalue weighted by molar-refractivity contribution is 6.13. The zero-order chi connectivity index (χ0) is 22.0. The second-order valence-corrected chi connectivity index (χ2v) is 8.76. The van der Waals surface area contributed by atoms with E-state index in [0.29, 0.717) is 0 Å². The van der Waals surface area contributed by atoms with E-state index in [0.717, 1.165) is 64.6 Å². The highest BCUT2D eigenvalue weighted by Crippen LogP contribution is 2.38. The molecule has 0 aliphatic heterocycles. The number of rotatable bonds is 7. The zero-order valence-electron chi connectivity index (χ0n) is 18.9. The molecule has 0 atom stereocenters. The monoisotopic (exact) mass is 413 g/mol. The van der Waals surface area contributed by atoms with Crippen LogP contribution in [0.15, 0.2) is 60.8 Å². The minimum atomic E-state index is 0.748. The number of nitrogen functional groups attached to an aromatic ring is 2. The van der Waals surface area contributed by atoms with E-state index in [1.165, 1.54) is 22.1 Å². The van der Waals surface area contributed by atoms with E-state index in [1.54, 1.807) is 0 Å². The summed E-state index contributed by atoms with van der Waals surface area (Å²) in [7, 11) is 2.35. The van der Waals surface area contributed by atoms with Crippen LogP contribution in [0.3, 0.4) is 0 Å². The molecule has 4 rings (SSSR count). The maximum atomic E-state index is 6.56. The number of hydrogen-bond donors (Lipinski definition) is 2. The first-order chi connectivity index (χ1) is 15.0. The van der Waals surface area contributed by atoms with Crippen LogP contribution >= 0.6 is 0 Å². The van der Waals surface area contributed by atoms with Crippen molar-refractivity contribution in [2.45, 2.75) is 26.7 Å². The summed E-state index contributed by atoms with van der Waals surface area (Å²) < 4.78 is 1.09. The van der Waals surface area contributed by atoms with Gasteiger partial charge in [0.15, 0.2) is 0 Å². The normalized spacial score (nSPS) is 12.0. The number of aryl methyl sites for hydroxylation is 1. The van der Waals surface area contributed by atoms with E-state index in [-0.39, 0.29) is 0 Å². The maximum Gasteiger partial charge on any atom is 0.0787 e. The van der Waals surface area contributed by atoms with Crippen LogP contribution in [0.5, 0.6) is 0 Å². The third-order valence-electron chi connectivity index (χ3n) is 6.87. The number of benzene rings is 3. The second-order valence-electron chi connectivity index (χ2n) is 8.76. The molecular weight excluding hydrogens is 380 g/mol. The molecular formula is C27H33N4+. The van der Waals surface area contributed by atoms with E-state index in [9.17, 15) is 0 Å². The molecule has 0 saturated heterocycles. The van der Waals surface area contributed by atoms with Crippen molar-refractivity contribution in [1.82, 2.24) is 4.98 Å². The van der Waals surface area contributed by atoms with Crippen molar-refractivity contribution in [2.24, 2.45) is 0 Å². The Morgan fingerprint density at radius 3 is 2.35 bits per heavy atom. The van der Waals surface area contributed by atoms with Gasteiger partial charge in [-0.1, -0.05) is 30.3 Å². The molecule has 4 nitrogen and oxygen atoms in total. The Balaban J connectivity index is 1.94. The fourth-order valence-corrected chi connectivity index (χ4v) is 4.52. The first kappa shape index (κ1) is 21.1. The predicted octanol–water partition coefficient (Wildman–Crippen LogP) is 5.64. The molecule has 160 valence electrons. The summed E-state index contributed by atoms with van der Waals surface area (Å²) in [4.78, 5) is 4.66. The van der Waals surface area contributed by atoms with Gasteiger partial charge in [0.05, 0.1) is 32.2 Å². The topological polar surface area (TPSA) is 64.9 Å². The SMILES string of the molecule is CC[N+](C)(CC)CCCc1c(-c2ccccc2)cc(N)c2cnc3ccc(N)cc3c12. The number of hydrogen-bond acceptors (Lipinski definition) is 3. The van der Waals surface area contributed by atoms with Crippen molar-refractivity contribution >= 4 is 33.1 Å². The Bertz CT molecular complexity index is 1210. The standard InChI is InChI=1S/C27H33N4/c1-4-31(3,5-2)15-9-12-21-22(19-10-7-6-8-11-19)17-25(29)24-18-30-26-14-13-20(28)16-23(26)27(21)24/h6-8,10-11,13-14,16-18H,4-5,9,12,15,28-29H2,1-3H3/q+1. The van der Waals surface area contributed by atoms with Crippen molar-refractivity contribution in [1.29, 1.82) is 0 Å². The Kier molecular flexibility index (Phi) is 5.84. The molecule has 1 aromatic heterocycles. The summed E-state index contributed by atoms with van der Waals surface area (Å²) in [5, 5.41) is 3.29. The maximum absolute atomic E-state index is 6.56. The van der Waals surface area contributed by atoms with E-state index >= 15 is 0 Å². The van der Waals surface area contributed by atoms with Gasteiger partial charge in [-0.25, -0.2) is 0 Å². The van der Waals surface area contributed by atoms with Crippen LogP contribution in [0.1, 0.15) is 25.8 Å². The summed E-state index contributed by atoms with van der Waals surface area (Å²) in [6.07, 6.45) is 4.02. The molecule has 1 heterocycles. The lowest BCUT2D eigenvalue weighted by Crippen LogP contribution is -2.44. The number of fused-ring (bicyclic) bond motifs is 3. The van der Waals surface area contributed by atoms with Crippen molar-refractivity contribution in [3.05, 3.63) is 66.4 Å². The first-order valence-corrected chi connectivity index (χ1v) is 11.2. The average molecular weight is 414 g/mol. The van der Waals surface area contributed by atoms with Crippen LogP contribution in [-0.4, -0.2) is 36.1 Å². The Morgan fingerprint density at radius 1 is 0.903 bits per heavy atom. The molecule has 0 aliphatic carbocycles. The Hall–Kier alpha value is -3.11. The lowest BCUT2D eigenvalue weighted by molar-refractivity contribution is -0.906. The van der Waals surface area contributed by atoms with Crippen molar-refractivity contribution < 1.29 is 4.48 Å². The summed E-state index contributed by atoms with van der Waals surface area (Å²) in [6.45, 7) is 8.00. The summed E-state index contributed by atoms with van der Waals surface area (Å²) >= 11 is 0. The third kappa shape index (κ3) is 4.08. The van der Waals surface area contributed by atoms with Crippen LogP contribution in [-0.2, 0) is 6.42 Å². The number of nitrogens with zero attached hydrogens (tertiary/aromatic N) is 2. The molecule has 0 saturated carbocycles. The quantitative estimate of drug-likeness (QED) is 0.234. The molecule has 3 aromatic carbocycles. The van der Waals surface area contributed by atoms with E-state index in [1.807, 2.05) is 24.4 Å². The minimum absolute atomic E-state index is 0.748. The molecule has 0 aliphatic rings. The number of anilines is 2. The van der Waals surface area contributed by atoms with Gasteiger partial charge in [0.1, 0.15) is 0 Å². The van der Waals surface area contributed by atoms with Crippen LogP contribution < -0.4 is 11.5 Å². The number of quaternary nitrogens is 1. The van der Waals surface area contributed by atoms with Gasteiger partial charge >= 0.3 is 0 Å². The van der Waals surface area contributed by atoms with Gasteiger partial charge in [-0.2, -0.15) is 0 Å². The zero-order valence-corrected chi connectivity index (χ0v) is 18.9. The van der Waals surface area contributed by atoms with Gasteiger partial charge in [-0.15, -0.1) is 0 Å². The van der Waals surface area contributed by atoms with Gasteiger partial charge in [0.25, 0.3) is 0 Å². The van der Waals surface area contributed by atoms with Crippen LogP contribution in [0.4, 0.5) is 11.4 Å². The summed E-state index contributed by atoms with van der Waals surface area (Å²) in [5.74, 6) is 0. The second kappa shape index (κ2) is 8.56. The van der Waals surface area contributed by atoms with Gasteiger partial charge in [-0.3, -0.25) is 4.98 Å². The van der Waals surface area contributed by atoms with Crippen LogP contribution in [0.25, 0.3) is 32.8 Å². The minimum Gasteiger partial charge on any atom is -0.399 e. The molecule has 0 radical (unpaired) electrons. The summed E-state index contributed by atoms with van der Waals surface area (Å²) in [5.41, 5.74) is 19.0. The predicted molar refractivity (Wildman–Crippen MR) is 134 cm³/mol. The smallest absolute Gasteiger partial charge is 0.0787 e. The fourth-order valence-electron chi connectivity index (χ4n) is 4.52. The van der Waals surface area contributed by atoms with E-state index in [2.05, 4.69) is 62.3 Å². The lowest BCUT2D eigenvalue weighted by atomic mass is 9.89. The van der Waals surface area contributed by atoms with Gasteiger partial charge in [0, 0.05) is 34.8 Å². The highest BCUT2D eigenvalue weighted by Gasteiger charge is 2.19. The largest absolute Gasteiger partial charge is 0.399 e. The molecule has 0 unspecified atom stereocenters. The van der Waals surface area contributed by atoms with Crippen molar-refractivity contribution in [2.75, 3.05) is 38.1 Å². The third-order valence-corrected chi connectivity index (χ3v) is 6.87. The molecule has 0 bridgehead atoms. The van der Waals surface area contributed by atoms with Crippen LogP contribution in [0, 0.1) is 0 Å². The summed E-state index contributed by atoms with van der Waals surface area (Å²) in [6, 6.07) is 18.6. The first-order valence-electron chi connectivity index (χ1n) is 11.2. The van der Waals surface area contributed by atoms with Gasteiger partial charge in [-0.05, 0) is 66.6 Å².